The van der Waals surface area contributed by atoms with E-state index >= 15 is 0 Å². The number of rotatable bonds is 5. The topological polar surface area (TPSA) is 65.3 Å². The molecule has 1 unspecified atom stereocenters. The first-order chi connectivity index (χ1) is 9.09. The normalized spacial score (nSPS) is 18.9. The van der Waals surface area contributed by atoms with Gasteiger partial charge in [0.1, 0.15) is 0 Å². The van der Waals surface area contributed by atoms with Crippen LogP contribution in [0.2, 0.25) is 0 Å². The number of nitrogens with zero attached hydrogens (tertiary/aromatic N) is 2. The molecule has 106 valence electrons. The number of nitrogens with one attached hydrogen (secondary N) is 1. The van der Waals surface area contributed by atoms with Crippen LogP contribution in [0.1, 0.15) is 25.0 Å². The summed E-state index contributed by atoms with van der Waals surface area (Å²) >= 11 is 0. The molecule has 0 spiro atoms. The van der Waals surface area contributed by atoms with Crippen LogP contribution in [0.5, 0.6) is 0 Å². The molecule has 0 amide bonds. The average molecular weight is 267 g/mol. The van der Waals surface area contributed by atoms with Crippen molar-refractivity contribution in [2.45, 2.75) is 31.9 Å². The Bertz CT molecular complexity index is 541. The summed E-state index contributed by atoms with van der Waals surface area (Å²) in [6.07, 6.45) is 3.61. The van der Waals surface area contributed by atoms with E-state index in [0.29, 0.717) is 18.3 Å². The molecular weight excluding hydrogens is 246 g/mol. The molecule has 2 rings (SSSR count). The molecule has 0 aromatic carbocycles. The van der Waals surface area contributed by atoms with E-state index in [4.69, 9.17) is 4.74 Å². The SMILES string of the molecule is Cn1c(CNCCC2CCCO2)cc(=O)n(C)c1=O. The largest absolute Gasteiger partial charge is 0.378 e. The van der Waals surface area contributed by atoms with Crippen molar-refractivity contribution >= 4 is 0 Å². The molecule has 1 N–H and O–H groups in total. The highest BCUT2D eigenvalue weighted by Gasteiger charge is 2.14. The van der Waals surface area contributed by atoms with E-state index in [0.717, 1.165) is 37.0 Å². The van der Waals surface area contributed by atoms with Crippen molar-refractivity contribution in [2.75, 3.05) is 13.2 Å². The lowest BCUT2D eigenvalue weighted by atomic mass is 10.2. The van der Waals surface area contributed by atoms with Crippen LogP contribution in [-0.4, -0.2) is 28.4 Å². The molecule has 1 fully saturated rings. The van der Waals surface area contributed by atoms with Gasteiger partial charge >= 0.3 is 5.69 Å². The van der Waals surface area contributed by atoms with Gasteiger partial charge < -0.3 is 10.1 Å². The van der Waals surface area contributed by atoms with Crippen LogP contribution in [0.25, 0.3) is 0 Å². The summed E-state index contributed by atoms with van der Waals surface area (Å²) in [6.45, 7) is 2.22. The molecule has 0 aliphatic carbocycles. The minimum absolute atomic E-state index is 0.265. The van der Waals surface area contributed by atoms with Gasteiger partial charge in [0, 0.05) is 39.0 Å². The predicted octanol–water partition coefficient (Wildman–Crippen LogP) is -0.257. The third kappa shape index (κ3) is 3.33. The fraction of sp³-hybridized carbons (Fsp3) is 0.692. The molecule has 19 heavy (non-hydrogen) atoms. The van der Waals surface area contributed by atoms with Gasteiger partial charge in [0.25, 0.3) is 5.56 Å². The van der Waals surface area contributed by atoms with Crippen LogP contribution in [0.3, 0.4) is 0 Å². The second-order valence-electron chi connectivity index (χ2n) is 4.98. The molecule has 0 radical (unpaired) electrons. The Morgan fingerprint density at radius 2 is 2.16 bits per heavy atom. The maximum Gasteiger partial charge on any atom is 0.330 e. The maximum absolute atomic E-state index is 11.7. The van der Waals surface area contributed by atoms with E-state index in [2.05, 4.69) is 5.32 Å². The molecule has 1 aromatic rings. The van der Waals surface area contributed by atoms with Crippen LogP contribution < -0.4 is 16.6 Å². The highest BCUT2D eigenvalue weighted by molar-refractivity contribution is 5.01. The van der Waals surface area contributed by atoms with Crippen molar-refractivity contribution in [2.24, 2.45) is 14.1 Å². The number of hydrogen-bond acceptors (Lipinski definition) is 4. The molecular formula is C13H21N3O3. The maximum atomic E-state index is 11.7. The average Bonchev–Trinajstić information content (AvgIpc) is 2.91. The second-order valence-corrected chi connectivity index (χ2v) is 4.98. The van der Waals surface area contributed by atoms with Gasteiger partial charge in [-0.2, -0.15) is 0 Å². The summed E-state index contributed by atoms with van der Waals surface area (Å²) in [5, 5.41) is 3.26. The summed E-state index contributed by atoms with van der Waals surface area (Å²) in [7, 11) is 3.16. The zero-order valence-corrected chi connectivity index (χ0v) is 11.5. The Kier molecular flexibility index (Phi) is 4.55. The third-order valence-electron chi connectivity index (χ3n) is 3.60. The van der Waals surface area contributed by atoms with Crippen LogP contribution in [0, 0.1) is 0 Å². The monoisotopic (exact) mass is 267 g/mol. The summed E-state index contributed by atoms with van der Waals surface area (Å²) in [4.78, 5) is 23.3. The lowest BCUT2D eigenvalue weighted by molar-refractivity contribution is 0.104. The first-order valence-corrected chi connectivity index (χ1v) is 6.68. The smallest absolute Gasteiger partial charge is 0.330 e. The Labute approximate surface area is 112 Å². The summed E-state index contributed by atoms with van der Waals surface area (Å²) in [5.74, 6) is 0. The van der Waals surface area contributed by atoms with Crippen LogP contribution in [0.15, 0.2) is 15.7 Å². The standard InChI is InChI=1S/C13H21N3O3/c1-15-10(8-12(17)16(2)13(15)18)9-14-6-5-11-4-3-7-19-11/h8,11,14H,3-7,9H2,1-2H3. The van der Waals surface area contributed by atoms with E-state index in [9.17, 15) is 9.59 Å². The van der Waals surface area contributed by atoms with Crippen molar-refractivity contribution < 1.29 is 4.74 Å². The summed E-state index contributed by atoms with van der Waals surface area (Å²) < 4.78 is 8.14. The van der Waals surface area contributed by atoms with Crippen molar-refractivity contribution in [1.29, 1.82) is 0 Å². The molecule has 1 aliphatic rings. The first kappa shape index (κ1) is 14.0. The molecule has 1 atom stereocenters. The molecule has 0 bridgehead atoms. The molecule has 6 heteroatoms. The second kappa shape index (κ2) is 6.16. The Morgan fingerprint density at radius 1 is 1.37 bits per heavy atom. The molecule has 2 heterocycles. The van der Waals surface area contributed by atoms with Crippen molar-refractivity contribution in [3.63, 3.8) is 0 Å². The van der Waals surface area contributed by atoms with E-state index in [1.54, 1.807) is 7.05 Å². The molecule has 1 saturated heterocycles. The van der Waals surface area contributed by atoms with Crippen molar-refractivity contribution in [3.8, 4) is 0 Å². The Balaban J connectivity index is 1.89. The van der Waals surface area contributed by atoms with Crippen LogP contribution in [0.4, 0.5) is 0 Å². The minimum atomic E-state index is -0.288. The zero-order valence-electron chi connectivity index (χ0n) is 11.5. The lowest BCUT2D eigenvalue weighted by Crippen LogP contribution is -2.39. The van der Waals surface area contributed by atoms with E-state index < -0.39 is 0 Å². The van der Waals surface area contributed by atoms with Crippen molar-refractivity contribution in [1.82, 2.24) is 14.5 Å². The molecule has 1 aromatic heterocycles. The van der Waals surface area contributed by atoms with Gasteiger partial charge in [-0.1, -0.05) is 0 Å². The quantitative estimate of drug-likeness (QED) is 0.747. The summed E-state index contributed by atoms with van der Waals surface area (Å²) in [6, 6.07) is 1.50. The van der Waals surface area contributed by atoms with Crippen LogP contribution in [-0.2, 0) is 25.4 Å². The highest BCUT2D eigenvalue weighted by Crippen LogP contribution is 2.14. The number of hydrogen-bond donors (Lipinski definition) is 1. The molecule has 6 nitrogen and oxygen atoms in total. The number of ether oxygens (including phenoxy) is 1. The predicted molar refractivity (Wildman–Crippen MR) is 72.2 cm³/mol. The lowest BCUT2D eigenvalue weighted by Gasteiger charge is -2.12. The van der Waals surface area contributed by atoms with Crippen LogP contribution >= 0.6 is 0 Å². The van der Waals surface area contributed by atoms with Crippen molar-refractivity contribution in [3.05, 3.63) is 32.6 Å². The van der Waals surface area contributed by atoms with E-state index in [1.165, 1.54) is 17.7 Å². The number of aromatic nitrogens is 2. The van der Waals surface area contributed by atoms with Gasteiger partial charge in [-0.15, -0.1) is 0 Å². The van der Waals surface area contributed by atoms with Gasteiger partial charge in [0.2, 0.25) is 0 Å². The van der Waals surface area contributed by atoms with Gasteiger partial charge in [-0.3, -0.25) is 13.9 Å². The highest BCUT2D eigenvalue weighted by atomic mass is 16.5. The van der Waals surface area contributed by atoms with E-state index in [1.807, 2.05) is 0 Å². The van der Waals surface area contributed by atoms with Gasteiger partial charge in [0.15, 0.2) is 0 Å². The van der Waals surface area contributed by atoms with Gasteiger partial charge in [0.05, 0.1) is 6.10 Å². The first-order valence-electron chi connectivity index (χ1n) is 6.68. The molecule has 0 saturated carbocycles. The summed E-state index contributed by atoms with van der Waals surface area (Å²) in [5.41, 5.74) is 0.155. The Morgan fingerprint density at radius 3 is 2.84 bits per heavy atom. The van der Waals surface area contributed by atoms with E-state index in [-0.39, 0.29) is 11.2 Å². The van der Waals surface area contributed by atoms with Gasteiger partial charge in [-0.05, 0) is 25.8 Å². The fourth-order valence-corrected chi connectivity index (χ4v) is 2.30. The third-order valence-corrected chi connectivity index (χ3v) is 3.60. The fourth-order valence-electron chi connectivity index (χ4n) is 2.30. The molecule has 1 aliphatic heterocycles. The van der Waals surface area contributed by atoms with Gasteiger partial charge in [-0.25, -0.2) is 4.79 Å². The minimum Gasteiger partial charge on any atom is -0.378 e. The Hall–Kier alpha value is -1.40. The zero-order chi connectivity index (χ0) is 13.8.